The number of hydrogen-bond acceptors (Lipinski definition) is 7. The first kappa shape index (κ1) is 18.4. The number of fused-ring (bicyclic) bond motifs is 1. The van der Waals surface area contributed by atoms with E-state index in [0.717, 1.165) is 5.56 Å². The second-order valence-electron chi connectivity index (χ2n) is 6.36. The van der Waals surface area contributed by atoms with Crippen LogP contribution in [0.5, 0.6) is 0 Å². The number of tetrazole rings is 1. The number of carbonyl (C=O) groups excluding carboxylic acids is 1. The van der Waals surface area contributed by atoms with Crippen molar-refractivity contribution in [2.75, 3.05) is 7.11 Å². The van der Waals surface area contributed by atoms with Crippen LogP contribution in [0.4, 0.5) is 4.39 Å². The summed E-state index contributed by atoms with van der Waals surface area (Å²) in [5, 5.41) is 11.7. The highest BCUT2D eigenvalue weighted by Crippen LogP contribution is 2.16. The van der Waals surface area contributed by atoms with Crippen molar-refractivity contribution in [2.45, 2.75) is 13.5 Å². The zero-order valence-corrected chi connectivity index (χ0v) is 15.5. The number of ether oxygens (including phenoxy) is 1. The van der Waals surface area contributed by atoms with Gasteiger partial charge in [0, 0.05) is 0 Å². The van der Waals surface area contributed by atoms with E-state index < -0.39 is 11.8 Å². The minimum absolute atomic E-state index is 0.0130. The number of methoxy groups -OCH3 is 1. The summed E-state index contributed by atoms with van der Waals surface area (Å²) in [5.41, 5.74) is 1.34. The van der Waals surface area contributed by atoms with Crippen LogP contribution in [0.3, 0.4) is 0 Å². The van der Waals surface area contributed by atoms with E-state index in [9.17, 15) is 14.0 Å². The van der Waals surface area contributed by atoms with Gasteiger partial charge in [0.05, 0.1) is 36.4 Å². The third-order valence-electron chi connectivity index (χ3n) is 4.42. The van der Waals surface area contributed by atoms with Gasteiger partial charge in [-0.15, -0.1) is 5.10 Å². The van der Waals surface area contributed by atoms with Crippen molar-refractivity contribution in [3.63, 3.8) is 0 Å². The number of halogens is 1. The Morgan fingerprint density at radius 3 is 2.83 bits per heavy atom. The van der Waals surface area contributed by atoms with Gasteiger partial charge in [0.25, 0.3) is 5.56 Å². The second kappa shape index (κ2) is 7.23. The van der Waals surface area contributed by atoms with Gasteiger partial charge in [0.1, 0.15) is 11.5 Å². The lowest BCUT2D eigenvalue weighted by atomic mass is 10.1. The van der Waals surface area contributed by atoms with E-state index in [-0.39, 0.29) is 23.6 Å². The van der Waals surface area contributed by atoms with Crippen LogP contribution in [0, 0.1) is 12.7 Å². The maximum atomic E-state index is 14.2. The van der Waals surface area contributed by atoms with Gasteiger partial charge >= 0.3 is 5.97 Å². The van der Waals surface area contributed by atoms with Gasteiger partial charge in [-0.2, -0.15) is 4.68 Å². The number of benzene rings is 2. The van der Waals surface area contributed by atoms with Crippen LogP contribution in [0.15, 0.2) is 47.5 Å². The molecule has 0 aliphatic heterocycles. The molecule has 0 aliphatic carbocycles. The first-order chi connectivity index (χ1) is 14.0. The maximum absolute atomic E-state index is 14.2. The fourth-order valence-electron chi connectivity index (χ4n) is 2.94. The van der Waals surface area contributed by atoms with Gasteiger partial charge in [0.2, 0.25) is 0 Å². The highest BCUT2D eigenvalue weighted by atomic mass is 19.1. The fourth-order valence-corrected chi connectivity index (χ4v) is 2.94. The lowest BCUT2D eigenvalue weighted by Gasteiger charge is -2.09. The molecule has 0 aliphatic rings. The fraction of sp³-hybridized carbons (Fsp3) is 0.158. The number of esters is 1. The SMILES string of the molecule is COC(=O)c1ccc2c(=O)n(Cc3nnnn3-c3cc(C)ccc3F)cnc2c1. The topological polar surface area (TPSA) is 105 Å². The summed E-state index contributed by atoms with van der Waals surface area (Å²) in [6.07, 6.45) is 1.33. The van der Waals surface area contributed by atoms with Crippen molar-refractivity contribution >= 4 is 16.9 Å². The Balaban J connectivity index is 1.74. The molecule has 0 radical (unpaired) electrons. The molecular weight excluding hydrogens is 379 g/mol. The Kier molecular flexibility index (Phi) is 4.59. The summed E-state index contributed by atoms with van der Waals surface area (Å²) in [4.78, 5) is 28.7. The van der Waals surface area contributed by atoms with Crippen molar-refractivity contribution in [3.8, 4) is 5.69 Å². The van der Waals surface area contributed by atoms with E-state index in [0.29, 0.717) is 16.5 Å². The molecule has 2 aromatic heterocycles. The molecule has 0 saturated carbocycles. The van der Waals surface area contributed by atoms with Crippen molar-refractivity contribution in [3.05, 3.63) is 75.8 Å². The van der Waals surface area contributed by atoms with Gasteiger partial charge in [-0.3, -0.25) is 9.36 Å². The van der Waals surface area contributed by atoms with Gasteiger partial charge in [0.15, 0.2) is 5.82 Å². The largest absolute Gasteiger partial charge is 0.465 e. The van der Waals surface area contributed by atoms with Crippen LogP contribution in [0.2, 0.25) is 0 Å². The lowest BCUT2D eigenvalue weighted by Crippen LogP contribution is -2.23. The van der Waals surface area contributed by atoms with E-state index in [1.54, 1.807) is 12.1 Å². The van der Waals surface area contributed by atoms with E-state index in [1.807, 2.05) is 6.92 Å². The number of carbonyl (C=O) groups is 1. The minimum atomic E-state index is -0.516. The zero-order valence-electron chi connectivity index (χ0n) is 15.5. The molecule has 2 aromatic carbocycles. The van der Waals surface area contributed by atoms with Crippen LogP contribution in [0.1, 0.15) is 21.7 Å². The molecule has 0 N–H and O–H groups in total. The molecule has 4 rings (SSSR count). The third kappa shape index (κ3) is 3.35. The van der Waals surface area contributed by atoms with Crippen LogP contribution in [-0.2, 0) is 11.3 Å². The Morgan fingerprint density at radius 2 is 2.03 bits per heavy atom. The monoisotopic (exact) mass is 394 g/mol. The van der Waals surface area contributed by atoms with Crippen LogP contribution in [-0.4, -0.2) is 42.8 Å². The molecule has 29 heavy (non-hydrogen) atoms. The van der Waals surface area contributed by atoms with Crippen molar-refractivity contribution < 1.29 is 13.9 Å². The molecule has 2 heterocycles. The predicted molar refractivity (Wildman–Crippen MR) is 100 cm³/mol. The summed E-state index contributed by atoms with van der Waals surface area (Å²) in [7, 11) is 1.28. The summed E-state index contributed by atoms with van der Waals surface area (Å²) in [6, 6.07) is 9.08. The third-order valence-corrected chi connectivity index (χ3v) is 4.42. The first-order valence-corrected chi connectivity index (χ1v) is 8.59. The number of nitrogens with zero attached hydrogens (tertiary/aromatic N) is 6. The molecule has 0 atom stereocenters. The van der Waals surface area contributed by atoms with E-state index in [1.165, 1.54) is 47.0 Å². The smallest absolute Gasteiger partial charge is 0.337 e. The Labute approximate surface area is 163 Å². The normalized spacial score (nSPS) is 11.0. The molecule has 0 unspecified atom stereocenters. The standard InChI is InChI=1S/C19H15FN6O3/c1-11-3-6-14(20)16(7-11)26-17(22-23-24-26)9-25-10-21-15-8-12(19(28)29-2)4-5-13(15)18(25)27/h3-8,10H,9H2,1-2H3. The molecule has 0 spiro atoms. The first-order valence-electron chi connectivity index (χ1n) is 8.59. The van der Waals surface area contributed by atoms with E-state index in [4.69, 9.17) is 0 Å². The highest BCUT2D eigenvalue weighted by Gasteiger charge is 2.15. The summed E-state index contributed by atoms with van der Waals surface area (Å²) >= 11 is 0. The van der Waals surface area contributed by atoms with E-state index >= 15 is 0 Å². The number of aryl methyl sites for hydroxylation is 1. The van der Waals surface area contributed by atoms with Crippen molar-refractivity contribution in [1.82, 2.24) is 29.8 Å². The summed E-state index contributed by atoms with van der Waals surface area (Å²) in [5.74, 6) is -0.732. The quantitative estimate of drug-likeness (QED) is 0.485. The molecule has 0 fully saturated rings. The number of hydrogen-bond donors (Lipinski definition) is 0. The van der Waals surface area contributed by atoms with Crippen LogP contribution >= 0.6 is 0 Å². The van der Waals surface area contributed by atoms with E-state index in [2.05, 4.69) is 25.2 Å². The molecule has 9 nitrogen and oxygen atoms in total. The number of rotatable bonds is 4. The van der Waals surface area contributed by atoms with Gasteiger partial charge in [-0.1, -0.05) is 6.07 Å². The average molecular weight is 394 g/mol. The number of aromatic nitrogens is 6. The van der Waals surface area contributed by atoms with Gasteiger partial charge in [-0.25, -0.2) is 14.2 Å². The van der Waals surface area contributed by atoms with Crippen molar-refractivity contribution in [1.29, 1.82) is 0 Å². The molecule has 146 valence electrons. The highest BCUT2D eigenvalue weighted by molar-refractivity contribution is 5.93. The average Bonchev–Trinajstić information content (AvgIpc) is 3.19. The van der Waals surface area contributed by atoms with Crippen molar-refractivity contribution in [2.24, 2.45) is 0 Å². The maximum Gasteiger partial charge on any atom is 0.337 e. The molecular formula is C19H15FN6O3. The summed E-state index contributed by atoms with van der Waals surface area (Å²) < 4.78 is 21.5. The molecule has 0 saturated heterocycles. The van der Waals surface area contributed by atoms with Gasteiger partial charge < -0.3 is 4.74 Å². The minimum Gasteiger partial charge on any atom is -0.465 e. The molecule has 4 aromatic rings. The molecule has 0 amide bonds. The summed E-state index contributed by atoms with van der Waals surface area (Å²) in [6.45, 7) is 1.81. The zero-order chi connectivity index (χ0) is 20.5. The Hall–Kier alpha value is -3.95. The lowest BCUT2D eigenvalue weighted by molar-refractivity contribution is 0.0601. The Bertz CT molecular complexity index is 1300. The van der Waals surface area contributed by atoms with Gasteiger partial charge in [-0.05, 0) is 53.2 Å². The van der Waals surface area contributed by atoms with Crippen LogP contribution in [0.25, 0.3) is 16.6 Å². The second-order valence-corrected chi connectivity index (χ2v) is 6.36. The van der Waals surface area contributed by atoms with Crippen LogP contribution < -0.4 is 5.56 Å². The Morgan fingerprint density at radius 1 is 1.21 bits per heavy atom. The molecule has 10 heteroatoms. The molecule has 0 bridgehead atoms. The predicted octanol–water partition coefficient (Wildman–Crippen LogP) is 1.65.